The van der Waals surface area contributed by atoms with E-state index in [1.165, 1.54) is 42.9 Å². The molecular formula is C20H27BrN2O+2. The number of quaternary nitrogens is 2. The Morgan fingerprint density at radius 3 is 2.17 bits per heavy atom. The first-order chi connectivity index (χ1) is 11.7. The second-order valence-corrected chi connectivity index (χ2v) is 7.65. The van der Waals surface area contributed by atoms with Crippen molar-refractivity contribution in [2.24, 2.45) is 0 Å². The van der Waals surface area contributed by atoms with Gasteiger partial charge in [-0.3, -0.25) is 0 Å². The Morgan fingerprint density at radius 2 is 1.54 bits per heavy atom. The molecule has 0 spiro atoms. The fourth-order valence-electron chi connectivity index (χ4n) is 3.54. The molecule has 24 heavy (non-hydrogen) atoms. The quantitative estimate of drug-likeness (QED) is 0.785. The summed E-state index contributed by atoms with van der Waals surface area (Å²) < 4.78 is 6.64. The third-order valence-electron chi connectivity index (χ3n) is 5.05. The zero-order valence-electron chi connectivity index (χ0n) is 14.6. The van der Waals surface area contributed by atoms with Crippen LogP contribution in [0.1, 0.15) is 16.7 Å². The number of piperazine rings is 1. The van der Waals surface area contributed by atoms with E-state index in [1.54, 1.807) is 16.9 Å². The second-order valence-electron chi connectivity index (χ2n) is 6.74. The van der Waals surface area contributed by atoms with Gasteiger partial charge in [0.2, 0.25) is 0 Å². The van der Waals surface area contributed by atoms with Crippen LogP contribution < -0.4 is 14.5 Å². The van der Waals surface area contributed by atoms with Crippen LogP contribution in [0.25, 0.3) is 0 Å². The molecule has 0 bridgehead atoms. The van der Waals surface area contributed by atoms with Gasteiger partial charge in [0.05, 0.1) is 7.11 Å². The van der Waals surface area contributed by atoms with Crippen LogP contribution in [0.4, 0.5) is 0 Å². The molecule has 128 valence electrons. The highest BCUT2D eigenvalue weighted by Gasteiger charge is 2.24. The van der Waals surface area contributed by atoms with Crippen molar-refractivity contribution >= 4 is 15.9 Å². The molecule has 3 rings (SSSR count). The molecule has 1 fully saturated rings. The fourth-order valence-corrected chi connectivity index (χ4v) is 3.95. The predicted octanol–water partition coefficient (Wildman–Crippen LogP) is 1.25. The molecule has 4 heteroatoms. The molecule has 0 aromatic heterocycles. The van der Waals surface area contributed by atoms with Gasteiger partial charge in [-0.1, -0.05) is 40.2 Å². The lowest BCUT2D eigenvalue weighted by Gasteiger charge is -2.30. The van der Waals surface area contributed by atoms with Gasteiger partial charge in [-0.15, -0.1) is 0 Å². The molecule has 0 amide bonds. The van der Waals surface area contributed by atoms with E-state index >= 15 is 0 Å². The maximum absolute atomic E-state index is 5.52. The Kier molecular flexibility index (Phi) is 5.93. The van der Waals surface area contributed by atoms with E-state index in [0.717, 1.165) is 23.3 Å². The summed E-state index contributed by atoms with van der Waals surface area (Å²) in [4.78, 5) is 3.36. The molecule has 0 radical (unpaired) electrons. The first-order valence-corrected chi connectivity index (χ1v) is 9.49. The van der Waals surface area contributed by atoms with Crippen molar-refractivity contribution in [3.05, 3.63) is 63.6 Å². The molecule has 1 heterocycles. The standard InChI is InChI=1S/C20H25BrN2O/c1-16-5-3-4-6-17(16)14-22-9-11-23(12-10-22)15-18-13-19(21)7-8-20(18)24-2/h3-8,13H,9-12,14-15H2,1-2H3/p+2. The number of aryl methyl sites for hydroxylation is 1. The van der Waals surface area contributed by atoms with Gasteiger partial charge in [0.1, 0.15) is 45.0 Å². The van der Waals surface area contributed by atoms with E-state index in [4.69, 9.17) is 4.74 Å². The smallest absolute Gasteiger partial charge is 0.127 e. The largest absolute Gasteiger partial charge is 0.496 e. The van der Waals surface area contributed by atoms with Gasteiger partial charge in [-0.25, -0.2) is 0 Å². The molecule has 1 aliphatic heterocycles. The number of hydrogen-bond donors (Lipinski definition) is 2. The Hall–Kier alpha value is -1.36. The van der Waals surface area contributed by atoms with Gasteiger partial charge in [0.25, 0.3) is 0 Å². The topological polar surface area (TPSA) is 18.1 Å². The van der Waals surface area contributed by atoms with Gasteiger partial charge in [-0.05, 0) is 30.7 Å². The lowest BCUT2D eigenvalue weighted by atomic mass is 10.1. The molecule has 2 aromatic carbocycles. The van der Waals surface area contributed by atoms with Crippen molar-refractivity contribution in [1.29, 1.82) is 0 Å². The van der Waals surface area contributed by atoms with Crippen molar-refractivity contribution in [2.75, 3.05) is 33.3 Å². The summed E-state index contributed by atoms with van der Waals surface area (Å²) in [6.45, 7) is 9.32. The number of nitrogens with one attached hydrogen (secondary N) is 2. The highest BCUT2D eigenvalue weighted by Crippen LogP contribution is 2.22. The number of rotatable bonds is 5. The minimum absolute atomic E-state index is 1.00. The fraction of sp³-hybridized carbons (Fsp3) is 0.400. The van der Waals surface area contributed by atoms with Crippen LogP contribution in [-0.2, 0) is 13.1 Å². The Labute approximate surface area is 153 Å². The highest BCUT2D eigenvalue weighted by molar-refractivity contribution is 9.10. The second kappa shape index (κ2) is 8.15. The molecule has 2 aromatic rings. The lowest BCUT2D eigenvalue weighted by molar-refractivity contribution is -1.02. The van der Waals surface area contributed by atoms with Crippen LogP contribution in [0.3, 0.4) is 0 Å². The number of methoxy groups -OCH3 is 1. The molecule has 3 nitrogen and oxygen atoms in total. The molecule has 0 saturated carbocycles. The third kappa shape index (κ3) is 4.38. The number of hydrogen-bond acceptors (Lipinski definition) is 1. The van der Waals surface area contributed by atoms with Crippen molar-refractivity contribution in [3.63, 3.8) is 0 Å². The molecular weight excluding hydrogens is 364 g/mol. The van der Waals surface area contributed by atoms with Crippen LogP contribution >= 0.6 is 15.9 Å². The summed E-state index contributed by atoms with van der Waals surface area (Å²) in [6.07, 6.45) is 0. The molecule has 1 saturated heterocycles. The summed E-state index contributed by atoms with van der Waals surface area (Å²) in [5.74, 6) is 1.00. The third-order valence-corrected chi connectivity index (χ3v) is 5.54. The van der Waals surface area contributed by atoms with Gasteiger partial charge >= 0.3 is 0 Å². The number of benzene rings is 2. The van der Waals surface area contributed by atoms with E-state index in [0.29, 0.717) is 0 Å². The predicted molar refractivity (Wildman–Crippen MR) is 101 cm³/mol. The van der Waals surface area contributed by atoms with E-state index in [9.17, 15) is 0 Å². The zero-order chi connectivity index (χ0) is 16.9. The van der Waals surface area contributed by atoms with Crippen molar-refractivity contribution in [3.8, 4) is 5.75 Å². The Bertz CT molecular complexity index is 681. The summed E-state index contributed by atoms with van der Waals surface area (Å²) in [6, 6.07) is 15.1. The van der Waals surface area contributed by atoms with Crippen LogP contribution in [0.2, 0.25) is 0 Å². The summed E-state index contributed by atoms with van der Waals surface area (Å²) >= 11 is 3.57. The summed E-state index contributed by atoms with van der Waals surface area (Å²) in [7, 11) is 1.76. The molecule has 1 aliphatic rings. The Morgan fingerprint density at radius 1 is 0.917 bits per heavy atom. The normalized spacial score (nSPS) is 20.8. The van der Waals surface area contributed by atoms with Crippen molar-refractivity contribution in [1.82, 2.24) is 0 Å². The van der Waals surface area contributed by atoms with Crippen LogP contribution in [0, 0.1) is 6.92 Å². The van der Waals surface area contributed by atoms with E-state index in [2.05, 4.69) is 59.3 Å². The lowest BCUT2D eigenvalue weighted by Crippen LogP contribution is -3.27. The Balaban J connectivity index is 1.56. The van der Waals surface area contributed by atoms with Gasteiger partial charge < -0.3 is 14.5 Å². The van der Waals surface area contributed by atoms with Crippen LogP contribution in [-0.4, -0.2) is 33.3 Å². The molecule has 2 N–H and O–H groups in total. The number of halogens is 1. The summed E-state index contributed by atoms with van der Waals surface area (Å²) in [5, 5.41) is 0. The first kappa shape index (κ1) is 17.5. The average Bonchev–Trinajstić information content (AvgIpc) is 2.59. The maximum atomic E-state index is 5.52. The minimum Gasteiger partial charge on any atom is -0.496 e. The van der Waals surface area contributed by atoms with E-state index in [-0.39, 0.29) is 0 Å². The van der Waals surface area contributed by atoms with Gasteiger partial charge in [0, 0.05) is 15.6 Å². The number of ether oxygens (including phenoxy) is 1. The zero-order valence-corrected chi connectivity index (χ0v) is 16.2. The SMILES string of the molecule is COc1ccc(Br)cc1C[NH+]1CC[NH+](Cc2ccccc2C)CC1. The van der Waals surface area contributed by atoms with E-state index in [1.807, 2.05) is 6.07 Å². The molecule has 0 unspecified atom stereocenters. The summed E-state index contributed by atoms with van der Waals surface area (Å²) in [5.41, 5.74) is 4.20. The van der Waals surface area contributed by atoms with Gasteiger partial charge in [-0.2, -0.15) is 0 Å². The minimum atomic E-state index is 1.00. The van der Waals surface area contributed by atoms with Crippen molar-refractivity contribution < 1.29 is 14.5 Å². The maximum Gasteiger partial charge on any atom is 0.127 e. The first-order valence-electron chi connectivity index (χ1n) is 8.70. The van der Waals surface area contributed by atoms with Crippen LogP contribution in [0.15, 0.2) is 46.9 Å². The monoisotopic (exact) mass is 390 g/mol. The molecule has 0 aliphatic carbocycles. The van der Waals surface area contributed by atoms with Crippen molar-refractivity contribution in [2.45, 2.75) is 20.0 Å². The molecule has 0 atom stereocenters. The average molecular weight is 391 g/mol. The highest BCUT2D eigenvalue weighted by atomic mass is 79.9. The van der Waals surface area contributed by atoms with E-state index < -0.39 is 0 Å². The van der Waals surface area contributed by atoms with Gasteiger partial charge in [0.15, 0.2) is 0 Å². The van der Waals surface area contributed by atoms with Crippen LogP contribution in [0.5, 0.6) is 5.75 Å².